The van der Waals surface area contributed by atoms with Crippen LogP contribution in [0.15, 0.2) is 24.3 Å². The first-order valence-corrected chi connectivity index (χ1v) is 6.18. The van der Waals surface area contributed by atoms with Crippen molar-refractivity contribution in [1.29, 1.82) is 0 Å². The SMILES string of the molecule is CNc1cc(Oc2cc(C)cc(C)c2)nc(C(F)(F)F)n1. The third kappa shape index (κ3) is 3.84. The summed E-state index contributed by atoms with van der Waals surface area (Å²) in [6.07, 6.45) is -4.63. The van der Waals surface area contributed by atoms with Crippen LogP contribution in [0, 0.1) is 13.8 Å². The highest BCUT2D eigenvalue weighted by Crippen LogP contribution is 2.30. The molecule has 0 aliphatic rings. The average molecular weight is 297 g/mol. The molecule has 4 nitrogen and oxygen atoms in total. The Morgan fingerprint density at radius 2 is 1.62 bits per heavy atom. The van der Waals surface area contributed by atoms with Gasteiger partial charge in [0.05, 0.1) is 0 Å². The molecular formula is C14H14F3N3O. The van der Waals surface area contributed by atoms with Crippen LogP contribution in [-0.4, -0.2) is 17.0 Å². The van der Waals surface area contributed by atoms with Gasteiger partial charge in [-0.25, -0.2) is 4.98 Å². The normalized spacial score (nSPS) is 11.3. The summed E-state index contributed by atoms with van der Waals surface area (Å²) in [5, 5.41) is 2.56. The van der Waals surface area contributed by atoms with Gasteiger partial charge in [0.25, 0.3) is 0 Å². The summed E-state index contributed by atoms with van der Waals surface area (Å²) in [5.41, 5.74) is 1.90. The maximum atomic E-state index is 12.7. The van der Waals surface area contributed by atoms with Gasteiger partial charge in [0.1, 0.15) is 11.6 Å². The number of rotatable bonds is 3. The van der Waals surface area contributed by atoms with Gasteiger partial charge in [-0.05, 0) is 37.1 Å². The lowest BCUT2D eigenvalue weighted by Gasteiger charge is -2.11. The van der Waals surface area contributed by atoms with E-state index in [-0.39, 0.29) is 11.7 Å². The van der Waals surface area contributed by atoms with Gasteiger partial charge in [0.2, 0.25) is 11.7 Å². The monoisotopic (exact) mass is 297 g/mol. The van der Waals surface area contributed by atoms with Gasteiger partial charge in [-0.15, -0.1) is 0 Å². The Morgan fingerprint density at radius 1 is 1.00 bits per heavy atom. The molecule has 0 fully saturated rings. The lowest BCUT2D eigenvalue weighted by molar-refractivity contribution is -0.145. The van der Waals surface area contributed by atoms with Crippen LogP contribution in [0.2, 0.25) is 0 Å². The minimum Gasteiger partial charge on any atom is -0.439 e. The molecule has 0 aliphatic heterocycles. The zero-order valence-electron chi connectivity index (χ0n) is 11.7. The Morgan fingerprint density at radius 3 is 2.14 bits per heavy atom. The van der Waals surface area contributed by atoms with Gasteiger partial charge in [-0.2, -0.15) is 18.2 Å². The molecule has 0 amide bonds. The van der Waals surface area contributed by atoms with Crippen molar-refractivity contribution >= 4 is 5.82 Å². The first kappa shape index (κ1) is 15.1. The molecule has 0 bridgehead atoms. The topological polar surface area (TPSA) is 47.0 Å². The number of aromatic nitrogens is 2. The van der Waals surface area contributed by atoms with Gasteiger partial charge in [-0.1, -0.05) is 6.07 Å². The molecule has 0 unspecified atom stereocenters. The van der Waals surface area contributed by atoms with Crippen LogP contribution in [0.5, 0.6) is 11.6 Å². The molecule has 1 aromatic carbocycles. The number of hydrogen-bond acceptors (Lipinski definition) is 4. The van der Waals surface area contributed by atoms with E-state index < -0.39 is 12.0 Å². The molecule has 1 aromatic heterocycles. The Labute approximate surface area is 120 Å². The van der Waals surface area contributed by atoms with Crippen molar-refractivity contribution in [2.45, 2.75) is 20.0 Å². The molecule has 0 atom stereocenters. The number of nitrogens with one attached hydrogen (secondary N) is 1. The second-order valence-corrected chi connectivity index (χ2v) is 4.59. The van der Waals surface area contributed by atoms with Crippen molar-refractivity contribution in [2.24, 2.45) is 0 Å². The van der Waals surface area contributed by atoms with Crippen LogP contribution in [-0.2, 0) is 6.18 Å². The van der Waals surface area contributed by atoms with Crippen molar-refractivity contribution in [3.8, 4) is 11.6 Å². The summed E-state index contributed by atoms with van der Waals surface area (Å²) < 4.78 is 43.7. The van der Waals surface area contributed by atoms with Crippen LogP contribution < -0.4 is 10.1 Å². The number of alkyl halides is 3. The summed E-state index contributed by atoms with van der Waals surface area (Å²) in [6, 6.07) is 6.70. The van der Waals surface area contributed by atoms with E-state index >= 15 is 0 Å². The summed E-state index contributed by atoms with van der Waals surface area (Å²) in [5.74, 6) is -0.932. The van der Waals surface area contributed by atoms with Gasteiger partial charge >= 0.3 is 6.18 Å². The van der Waals surface area contributed by atoms with Gasteiger partial charge < -0.3 is 10.1 Å². The Kier molecular flexibility index (Phi) is 4.02. The van der Waals surface area contributed by atoms with E-state index in [2.05, 4.69) is 15.3 Å². The van der Waals surface area contributed by atoms with Gasteiger partial charge in [-0.3, -0.25) is 0 Å². The first-order valence-electron chi connectivity index (χ1n) is 6.18. The molecule has 0 saturated heterocycles. The second kappa shape index (κ2) is 5.59. The zero-order chi connectivity index (χ0) is 15.6. The highest BCUT2D eigenvalue weighted by Gasteiger charge is 2.35. The summed E-state index contributed by atoms with van der Waals surface area (Å²) in [6.45, 7) is 3.75. The Bertz CT molecular complexity index is 636. The lowest BCUT2D eigenvalue weighted by atomic mass is 10.1. The quantitative estimate of drug-likeness (QED) is 0.932. The van der Waals surface area contributed by atoms with E-state index in [1.165, 1.54) is 13.1 Å². The fourth-order valence-corrected chi connectivity index (χ4v) is 1.84. The van der Waals surface area contributed by atoms with Crippen molar-refractivity contribution in [2.75, 3.05) is 12.4 Å². The fraction of sp³-hybridized carbons (Fsp3) is 0.286. The molecular weight excluding hydrogens is 283 g/mol. The van der Waals surface area contributed by atoms with Gasteiger partial charge in [0.15, 0.2) is 0 Å². The van der Waals surface area contributed by atoms with E-state index in [4.69, 9.17) is 4.74 Å². The standard InChI is InChI=1S/C14H14F3N3O/c1-8-4-9(2)6-10(5-8)21-12-7-11(18-3)19-13(20-12)14(15,16)17/h4-7H,1-3H3,(H,18,19,20). The first-order chi connectivity index (χ1) is 9.77. The average Bonchev–Trinajstić information content (AvgIpc) is 2.36. The minimum absolute atomic E-state index is 0.0386. The van der Waals surface area contributed by atoms with E-state index in [1.54, 1.807) is 12.1 Å². The summed E-state index contributed by atoms with van der Waals surface area (Å²) in [4.78, 5) is 6.78. The fourth-order valence-electron chi connectivity index (χ4n) is 1.84. The molecule has 2 aromatic rings. The third-order valence-electron chi connectivity index (χ3n) is 2.63. The van der Waals surface area contributed by atoms with E-state index in [0.29, 0.717) is 5.75 Å². The van der Waals surface area contributed by atoms with Crippen LogP contribution >= 0.6 is 0 Å². The maximum Gasteiger partial charge on any atom is 0.451 e. The maximum absolute atomic E-state index is 12.7. The van der Waals surface area contributed by atoms with Gasteiger partial charge in [0, 0.05) is 13.1 Å². The molecule has 21 heavy (non-hydrogen) atoms. The molecule has 0 aliphatic carbocycles. The molecule has 1 heterocycles. The van der Waals surface area contributed by atoms with Crippen molar-refractivity contribution in [1.82, 2.24) is 9.97 Å². The summed E-state index contributed by atoms with van der Waals surface area (Å²) >= 11 is 0. The van der Waals surface area contributed by atoms with Crippen molar-refractivity contribution in [3.63, 3.8) is 0 Å². The number of ether oxygens (including phenoxy) is 1. The van der Waals surface area contributed by atoms with Crippen molar-refractivity contribution in [3.05, 3.63) is 41.2 Å². The number of halogens is 3. The molecule has 0 saturated carbocycles. The van der Waals surface area contributed by atoms with Crippen molar-refractivity contribution < 1.29 is 17.9 Å². The van der Waals surface area contributed by atoms with E-state index in [0.717, 1.165) is 11.1 Å². The molecule has 0 spiro atoms. The zero-order valence-corrected chi connectivity index (χ0v) is 11.7. The number of aryl methyl sites for hydroxylation is 2. The highest BCUT2D eigenvalue weighted by molar-refractivity contribution is 5.41. The third-order valence-corrected chi connectivity index (χ3v) is 2.63. The number of benzene rings is 1. The van der Waals surface area contributed by atoms with Crippen LogP contribution in [0.3, 0.4) is 0 Å². The van der Waals surface area contributed by atoms with E-state index in [1.807, 2.05) is 19.9 Å². The minimum atomic E-state index is -4.63. The second-order valence-electron chi connectivity index (χ2n) is 4.59. The summed E-state index contributed by atoms with van der Waals surface area (Å²) in [7, 11) is 1.48. The number of nitrogens with zero attached hydrogens (tertiary/aromatic N) is 2. The highest BCUT2D eigenvalue weighted by atomic mass is 19.4. The molecule has 1 N–H and O–H groups in total. The predicted octanol–water partition coefficient (Wildman–Crippen LogP) is 3.95. The van der Waals surface area contributed by atoms with E-state index in [9.17, 15) is 13.2 Å². The Balaban J connectivity index is 2.39. The van der Waals surface area contributed by atoms with Crippen LogP contribution in [0.25, 0.3) is 0 Å². The Hall–Kier alpha value is -2.31. The van der Waals surface area contributed by atoms with Crippen LogP contribution in [0.4, 0.5) is 19.0 Å². The molecule has 112 valence electrons. The largest absolute Gasteiger partial charge is 0.451 e. The molecule has 7 heteroatoms. The number of anilines is 1. The smallest absolute Gasteiger partial charge is 0.439 e. The van der Waals surface area contributed by atoms with Crippen LogP contribution in [0.1, 0.15) is 17.0 Å². The molecule has 2 rings (SSSR count). The number of hydrogen-bond donors (Lipinski definition) is 1. The predicted molar refractivity (Wildman–Crippen MR) is 72.6 cm³/mol. The molecule has 0 radical (unpaired) electrons. The lowest BCUT2D eigenvalue weighted by Crippen LogP contribution is -2.12.